The fourth-order valence-corrected chi connectivity index (χ4v) is 0. The van der Waals surface area contributed by atoms with Crippen LogP contribution in [0.2, 0.25) is 0 Å². The molecule has 0 aromatic rings. The number of hydrogen-bond acceptors (Lipinski definition) is 3. The van der Waals surface area contributed by atoms with Crippen molar-refractivity contribution in [2.45, 2.75) is 0 Å². The van der Waals surface area contributed by atoms with E-state index in [2.05, 4.69) is 25.0 Å². The highest BCUT2D eigenvalue weighted by Gasteiger charge is 1.85. The molecule has 0 aromatic heterocycles. The van der Waals surface area contributed by atoms with Gasteiger partial charge in [-0.3, -0.25) is 0 Å². The summed E-state index contributed by atoms with van der Waals surface area (Å²) in [5.74, 6) is 4.87. The molecule has 4 N–H and O–H groups in total. The van der Waals surface area contributed by atoms with Crippen molar-refractivity contribution in [1.29, 1.82) is 0 Å². The fraction of sp³-hybridized carbons (Fsp3) is 0. The normalized spacial score (nSPS) is 7.67. The zero-order valence-electron chi connectivity index (χ0n) is 2.96. The van der Waals surface area contributed by atoms with E-state index in [9.17, 15) is 0 Å². The average Bonchev–Trinajstić information content (AvgIpc) is 1.36. The second kappa shape index (κ2) is 2.22. The molecule has 0 radical (unpaired) electrons. The molecule has 5 heteroatoms. The van der Waals surface area contributed by atoms with Gasteiger partial charge in [-0.25, -0.2) is 10.3 Å². The van der Waals surface area contributed by atoms with Crippen LogP contribution in [-0.4, -0.2) is 9.53 Å². The Labute approximate surface area is 46.8 Å². The first-order valence-electron chi connectivity index (χ1n) is 1.17. The Morgan fingerprint density at radius 1 is 1.83 bits per heavy atom. The van der Waals surface area contributed by atoms with Crippen LogP contribution in [0.1, 0.15) is 0 Å². The topological polar surface area (TPSA) is 55.3 Å². The van der Waals surface area contributed by atoms with Crippen molar-refractivity contribution >= 4 is 30.1 Å². The molecule has 0 aliphatic rings. The summed E-state index contributed by atoms with van der Waals surface area (Å²) in [7, 11) is 0. The van der Waals surface area contributed by atoms with E-state index in [-0.39, 0.29) is 5.11 Å². The molecule has 0 aromatic carbocycles. The molecular formula is CH5N3S2. The lowest BCUT2D eigenvalue weighted by Crippen LogP contribution is -2.32. The van der Waals surface area contributed by atoms with Gasteiger partial charge in [0.25, 0.3) is 0 Å². The van der Waals surface area contributed by atoms with Gasteiger partial charge in [-0.1, -0.05) is 0 Å². The average molecular weight is 123 g/mol. The highest BCUT2D eigenvalue weighted by atomic mass is 32.1. The molecule has 0 rings (SSSR count). The van der Waals surface area contributed by atoms with E-state index in [1.165, 1.54) is 0 Å². The van der Waals surface area contributed by atoms with Crippen LogP contribution >= 0.6 is 25.0 Å². The number of rotatable bonds is 0. The molecule has 0 heterocycles. The Balaban J connectivity index is 3.26. The van der Waals surface area contributed by atoms with E-state index in [1.807, 2.05) is 0 Å². The van der Waals surface area contributed by atoms with Crippen molar-refractivity contribution in [2.75, 3.05) is 0 Å². The van der Waals surface area contributed by atoms with Crippen LogP contribution in [-0.2, 0) is 0 Å². The third-order valence-corrected chi connectivity index (χ3v) is 0.773. The maximum atomic E-state index is 4.89. The van der Waals surface area contributed by atoms with Gasteiger partial charge >= 0.3 is 0 Å². The monoisotopic (exact) mass is 123 g/mol. The molecule has 0 saturated heterocycles. The lowest BCUT2D eigenvalue weighted by atomic mass is 11.2. The molecule has 0 bridgehead atoms. The van der Waals surface area contributed by atoms with Gasteiger partial charge in [-0.2, -0.15) is 0 Å². The minimum absolute atomic E-state index is 0.0679. The Morgan fingerprint density at radius 2 is 2.00 bits per heavy atom. The van der Waals surface area contributed by atoms with Gasteiger partial charge in [0, 0.05) is 0 Å². The van der Waals surface area contributed by atoms with Crippen molar-refractivity contribution in [3.63, 3.8) is 0 Å². The maximum Gasteiger partial charge on any atom is 0.191 e. The Morgan fingerprint density at radius 3 is 2.00 bits per heavy atom. The zero-order chi connectivity index (χ0) is 5.15. The van der Waals surface area contributed by atoms with E-state index in [0.29, 0.717) is 0 Å². The molecule has 0 unspecified atom stereocenters. The zero-order valence-corrected chi connectivity index (χ0v) is 4.67. The van der Waals surface area contributed by atoms with Crippen molar-refractivity contribution in [3.05, 3.63) is 0 Å². The van der Waals surface area contributed by atoms with E-state index in [1.54, 1.807) is 0 Å². The number of thiocarbonyl (C=S) groups is 1. The van der Waals surface area contributed by atoms with E-state index in [4.69, 9.17) is 11.6 Å². The summed E-state index contributed by atoms with van der Waals surface area (Å²) in [6, 6.07) is 0. The third-order valence-electron chi connectivity index (χ3n) is 0.226. The largest absolute Gasteiger partial charge is 0.374 e. The van der Waals surface area contributed by atoms with Crippen LogP contribution in [0.25, 0.3) is 0 Å². The maximum absolute atomic E-state index is 4.89. The van der Waals surface area contributed by atoms with Crippen LogP contribution in [0.15, 0.2) is 0 Å². The van der Waals surface area contributed by atoms with Crippen LogP contribution < -0.4 is 11.6 Å². The number of nitrogens with zero attached hydrogens (tertiary/aromatic N) is 1. The van der Waals surface area contributed by atoms with Gasteiger partial charge in [0.2, 0.25) is 0 Å². The lowest BCUT2D eigenvalue weighted by Gasteiger charge is -2.03. The molecule has 0 fully saturated rings. The van der Waals surface area contributed by atoms with Gasteiger partial charge < -0.3 is 5.73 Å². The lowest BCUT2D eigenvalue weighted by molar-refractivity contribution is 0.749. The molecule has 0 spiro atoms. The minimum atomic E-state index is 0.0679. The Kier molecular flexibility index (Phi) is 2.22. The van der Waals surface area contributed by atoms with Gasteiger partial charge in [0.1, 0.15) is 0 Å². The molecular weight excluding hydrogens is 118 g/mol. The fourth-order valence-electron chi connectivity index (χ4n) is 0. The second-order valence-corrected chi connectivity index (χ2v) is 1.53. The molecule has 3 nitrogen and oxygen atoms in total. The standard InChI is InChI=1S/CH5N3S2/c2-1(5)4(3)6/h6H,3H2,(H2,2,5). The molecule has 0 aliphatic heterocycles. The number of nitrogens with two attached hydrogens (primary N) is 2. The summed E-state index contributed by atoms with van der Waals surface area (Å²) in [5, 5.41) is 0.0679. The predicted octanol–water partition coefficient (Wildman–Crippen LogP) is -0.749. The summed E-state index contributed by atoms with van der Waals surface area (Å²) in [4.78, 5) is 0. The highest BCUT2D eigenvalue weighted by Crippen LogP contribution is 1.76. The summed E-state index contributed by atoms with van der Waals surface area (Å²) in [5.41, 5.74) is 4.89. The van der Waals surface area contributed by atoms with Crippen LogP contribution in [0, 0.1) is 0 Å². The smallest absolute Gasteiger partial charge is 0.191 e. The second-order valence-electron chi connectivity index (χ2n) is 0.683. The van der Waals surface area contributed by atoms with Crippen molar-refractivity contribution in [1.82, 2.24) is 4.41 Å². The van der Waals surface area contributed by atoms with Crippen LogP contribution in [0.3, 0.4) is 0 Å². The molecule has 0 atom stereocenters. The van der Waals surface area contributed by atoms with Crippen molar-refractivity contribution in [3.8, 4) is 0 Å². The first kappa shape index (κ1) is 6.00. The predicted molar refractivity (Wildman–Crippen MR) is 31.8 cm³/mol. The van der Waals surface area contributed by atoms with Crippen LogP contribution in [0.5, 0.6) is 0 Å². The van der Waals surface area contributed by atoms with Gasteiger partial charge in [0.05, 0.1) is 0 Å². The number of hydrazine groups is 1. The Bertz CT molecular complexity index is 59.8. The molecule has 0 saturated carbocycles. The third kappa shape index (κ3) is 2.25. The summed E-state index contributed by atoms with van der Waals surface area (Å²) >= 11 is 7.86. The summed E-state index contributed by atoms with van der Waals surface area (Å²) in [6.45, 7) is 0. The van der Waals surface area contributed by atoms with Crippen molar-refractivity contribution in [2.24, 2.45) is 11.6 Å². The molecule has 36 valence electrons. The van der Waals surface area contributed by atoms with E-state index >= 15 is 0 Å². The van der Waals surface area contributed by atoms with Gasteiger partial charge in [0.15, 0.2) is 5.11 Å². The number of thiol groups is 1. The van der Waals surface area contributed by atoms with Gasteiger partial charge in [-0.15, -0.1) is 0 Å². The SMILES string of the molecule is NC(=S)N(N)S. The quantitative estimate of drug-likeness (QED) is 0.172. The summed E-state index contributed by atoms with van der Waals surface area (Å²) < 4.78 is 0.870. The van der Waals surface area contributed by atoms with Crippen molar-refractivity contribution < 1.29 is 0 Å². The van der Waals surface area contributed by atoms with E-state index in [0.717, 1.165) is 4.41 Å². The summed E-state index contributed by atoms with van der Waals surface area (Å²) in [6.07, 6.45) is 0. The molecule has 0 amide bonds. The number of hydrogen-bond donors (Lipinski definition) is 3. The first-order chi connectivity index (χ1) is 2.64. The molecule has 0 aliphatic carbocycles. The molecule has 6 heavy (non-hydrogen) atoms. The minimum Gasteiger partial charge on any atom is -0.374 e. The highest BCUT2D eigenvalue weighted by molar-refractivity contribution is 7.84. The Hall–Kier alpha value is -0.0000000000000000555. The van der Waals surface area contributed by atoms with Crippen LogP contribution in [0.4, 0.5) is 0 Å². The van der Waals surface area contributed by atoms with E-state index < -0.39 is 0 Å². The van der Waals surface area contributed by atoms with Gasteiger partial charge in [-0.05, 0) is 25.0 Å². The first-order valence-corrected chi connectivity index (χ1v) is 1.98.